The molecule has 1 aliphatic rings. The first kappa shape index (κ1) is 13.7. The molecule has 0 saturated carbocycles. The van der Waals surface area contributed by atoms with Gasteiger partial charge < -0.3 is 10.6 Å². The van der Waals surface area contributed by atoms with E-state index in [1.165, 1.54) is 36.1 Å². The van der Waals surface area contributed by atoms with Gasteiger partial charge in [-0.2, -0.15) is 0 Å². The normalized spacial score (nSPS) is 18.6. The molecule has 1 unspecified atom stereocenters. The van der Waals surface area contributed by atoms with Crippen LogP contribution in [0.5, 0.6) is 0 Å². The van der Waals surface area contributed by atoms with Crippen molar-refractivity contribution in [2.75, 3.05) is 6.54 Å². The van der Waals surface area contributed by atoms with Crippen LogP contribution in [0.1, 0.15) is 27.6 Å². The zero-order valence-corrected chi connectivity index (χ0v) is 10.8. The van der Waals surface area contributed by atoms with Gasteiger partial charge >= 0.3 is 0 Å². The highest BCUT2D eigenvalue weighted by atomic mass is 16.2. The second-order valence-corrected chi connectivity index (χ2v) is 4.46. The fourth-order valence-corrected chi connectivity index (χ4v) is 1.91. The first-order valence-corrected chi connectivity index (χ1v) is 5.94. The summed E-state index contributed by atoms with van der Waals surface area (Å²) in [5.41, 5.74) is 5.67. The summed E-state index contributed by atoms with van der Waals surface area (Å²) in [7, 11) is 0. The Morgan fingerprint density at radius 1 is 1.20 bits per heavy atom. The SMILES string of the molecule is CC1C(=O)NC(=O)CN1C(=O)c1ccc(C(N)=O)cc1. The predicted molar refractivity (Wildman–Crippen MR) is 68.6 cm³/mol. The first-order chi connectivity index (χ1) is 9.40. The van der Waals surface area contributed by atoms with Crippen LogP contribution >= 0.6 is 0 Å². The number of hydrogen-bond donors (Lipinski definition) is 2. The Balaban J connectivity index is 2.23. The van der Waals surface area contributed by atoms with Crippen molar-refractivity contribution >= 4 is 23.6 Å². The Morgan fingerprint density at radius 2 is 1.75 bits per heavy atom. The van der Waals surface area contributed by atoms with E-state index in [-0.39, 0.29) is 17.7 Å². The average molecular weight is 275 g/mol. The maximum atomic E-state index is 12.3. The molecule has 2 rings (SSSR count). The Morgan fingerprint density at radius 3 is 2.30 bits per heavy atom. The van der Waals surface area contributed by atoms with Crippen molar-refractivity contribution in [1.29, 1.82) is 0 Å². The Labute approximate surface area is 114 Å². The summed E-state index contributed by atoms with van der Waals surface area (Å²) in [6.07, 6.45) is 0. The second kappa shape index (κ2) is 5.12. The number of imide groups is 1. The van der Waals surface area contributed by atoms with Crippen LogP contribution in [-0.2, 0) is 9.59 Å². The number of amides is 4. The summed E-state index contributed by atoms with van der Waals surface area (Å²) < 4.78 is 0. The molecule has 1 saturated heterocycles. The molecule has 20 heavy (non-hydrogen) atoms. The van der Waals surface area contributed by atoms with Gasteiger partial charge in [0.15, 0.2) is 0 Å². The number of carbonyl (C=O) groups is 4. The summed E-state index contributed by atoms with van der Waals surface area (Å²) in [4.78, 5) is 47.2. The van der Waals surface area contributed by atoms with Crippen LogP contribution in [0.25, 0.3) is 0 Å². The number of primary amides is 1. The van der Waals surface area contributed by atoms with Crippen molar-refractivity contribution in [3.63, 3.8) is 0 Å². The lowest BCUT2D eigenvalue weighted by molar-refractivity contribution is -0.138. The fraction of sp³-hybridized carbons (Fsp3) is 0.231. The maximum Gasteiger partial charge on any atom is 0.254 e. The van der Waals surface area contributed by atoms with Gasteiger partial charge in [0, 0.05) is 11.1 Å². The van der Waals surface area contributed by atoms with E-state index in [0.717, 1.165) is 0 Å². The van der Waals surface area contributed by atoms with E-state index in [1.54, 1.807) is 0 Å². The van der Waals surface area contributed by atoms with Gasteiger partial charge in [0.25, 0.3) is 5.91 Å². The van der Waals surface area contributed by atoms with E-state index in [9.17, 15) is 19.2 Å². The van der Waals surface area contributed by atoms with Crippen LogP contribution in [0.4, 0.5) is 0 Å². The predicted octanol–water partition coefficient (Wildman–Crippen LogP) is -0.727. The van der Waals surface area contributed by atoms with Crippen molar-refractivity contribution < 1.29 is 19.2 Å². The van der Waals surface area contributed by atoms with Crippen molar-refractivity contribution in [2.24, 2.45) is 5.73 Å². The Hall–Kier alpha value is -2.70. The lowest BCUT2D eigenvalue weighted by Gasteiger charge is -2.31. The number of piperazine rings is 1. The van der Waals surface area contributed by atoms with Gasteiger partial charge in [-0.1, -0.05) is 0 Å². The van der Waals surface area contributed by atoms with Gasteiger partial charge in [0.05, 0.1) is 0 Å². The molecule has 3 N–H and O–H groups in total. The third kappa shape index (κ3) is 2.51. The molecule has 0 radical (unpaired) electrons. The molecule has 4 amide bonds. The zero-order valence-electron chi connectivity index (χ0n) is 10.8. The van der Waals surface area contributed by atoms with Crippen molar-refractivity contribution in [3.05, 3.63) is 35.4 Å². The topological polar surface area (TPSA) is 110 Å². The largest absolute Gasteiger partial charge is 0.366 e. The number of benzene rings is 1. The third-order valence-corrected chi connectivity index (χ3v) is 3.10. The van der Waals surface area contributed by atoms with E-state index in [2.05, 4.69) is 5.32 Å². The van der Waals surface area contributed by atoms with Crippen LogP contribution in [0.3, 0.4) is 0 Å². The molecule has 0 aromatic heterocycles. The highest BCUT2D eigenvalue weighted by Crippen LogP contribution is 2.12. The molecule has 0 aliphatic carbocycles. The van der Waals surface area contributed by atoms with Gasteiger partial charge in [-0.25, -0.2) is 0 Å². The number of nitrogens with one attached hydrogen (secondary N) is 1. The summed E-state index contributed by atoms with van der Waals surface area (Å²) in [6.45, 7) is 1.36. The van der Waals surface area contributed by atoms with Crippen molar-refractivity contribution in [1.82, 2.24) is 10.2 Å². The van der Waals surface area contributed by atoms with E-state index in [4.69, 9.17) is 5.73 Å². The van der Waals surface area contributed by atoms with Gasteiger partial charge in [-0.3, -0.25) is 24.5 Å². The molecule has 7 heteroatoms. The number of nitrogens with zero attached hydrogens (tertiary/aromatic N) is 1. The Bertz CT molecular complexity index is 594. The molecular weight excluding hydrogens is 262 g/mol. The van der Waals surface area contributed by atoms with Crippen LogP contribution in [0.2, 0.25) is 0 Å². The summed E-state index contributed by atoms with van der Waals surface area (Å²) in [5, 5.41) is 2.16. The average Bonchev–Trinajstić information content (AvgIpc) is 2.42. The Kier molecular flexibility index (Phi) is 3.51. The lowest BCUT2D eigenvalue weighted by atomic mass is 10.1. The smallest absolute Gasteiger partial charge is 0.254 e. The summed E-state index contributed by atoms with van der Waals surface area (Å²) >= 11 is 0. The molecule has 1 atom stereocenters. The molecule has 1 fully saturated rings. The van der Waals surface area contributed by atoms with Crippen molar-refractivity contribution in [2.45, 2.75) is 13.0 Å². The molecular formula is C13H13N3O4. The molecule has 104 valence electrons. The second-order valence-electron chi connectivity index (χ2n) is 4.46. The number of nitrogens with two attached hydrogens (primary N) is 1. The monoisotopic (exact) mass is 275 g/mol. The third-order valence-electron chi connectivity index (χ3n) is 3.10. The lowest BCUT2D eigenvalue weighted by Crippen LogP contribution is -2.58. The molecule has 7 nitrogen and oxygen atoms in total. The van der Waals surface area contributed by atoms with Gasteiger partial charge in [0.2, 0.25) is 17.7 Å². The molecule has 1 aliphatic heterocycles. The first-order valence-electron chi connectivity index (χ1n) is 5.94. The number of rotatable bonds is 2. The van der Waals surface area contributed by atoms with Crippen LogP contribution in [0.15, 0.2) is 24.3 Å². The minimum Gasteiger partial charge on any atom is -0.366 e. The fourth-order valence-electron chi connectivity index (χ4n) is 1.91. The highest BCUT2D eigenvalue weighted by Gasteiger charge is 2.33. The standard InChI is InChI=1S/C13H13N3O4/c1-7-12(19)15-10(17)6-16(7)13(20)9-4-2-8(3-5-9)11(14)18/h2-5,7H,6H2,1H3,(H2,14,18)(H,15,17,19). The number of carbonyl (C=O) groups excluding carboxylic acids is 4. The zero-order chi connectivity index (χ0) is 14.9. The van der Waals surface area contributed by atoms with Gasteiger partial charge in [-0.05, 0) is 31.2 Å². The van der Waals surface area contributed by atoms with Crippen molar-refractivity contribution in [3.8, 4) is 0 Å². The van der Waals surface area contributed by atoms with E-state index >= 15 is 0 Å². The summed E-state index contributed by atoms with van der Waals surface area (Å²) in [5.74, 6) is -2.07. The van der Waals surface area contributed by atoms with E-state index in [1.807, 2.05) is 0 Å². The maximum absolute atomic E-state index is 12.3. The highest BCUT2D eigenvalue weighted by molar-refractivity contribution is 6.07. The molecule has 0 spiro atoms. The molecule has 1 aromatic carbocycles. The molecule has 1 aromatic rings. The van der Waals surface area contributed by atoms with E-state index in [0.29, 0.717) is 0 Å². The minimum atomic E-state index is -0.726. The van der Waals surface area contributed by atoms with Crippen LogP contribution in [0, 0.1) is 0 Å². The van der Waals surface area contributed by atoms with Gasteiger partial charge in [-0.15, -0.1) is 0 Å². The minimum absolute atomic E-state index is 0.177. The quantitative estimate of drug-likeness (QED) is 0.693. The van der Waals surface area contributed by atoms with Gasteiger partial charge in [0.1, 0.15) is 12.6 Å². The molecule has 0 bridgehead atoms. The summed E-state index contributed by atoms with van der Waals surface area (Å²) in [6, 6.07) is 4.99. The number of hydrogen-bond acceptors (Lipinski definition) is 4. The van der Waals surface area contributed by atoms with Crippen LogP contribution in [-0.4, -0.2) is 41.1 Å². The van der Waals surface area contributed by atoms with E-state index < -0.39 is 29.7 Å². The molecule has 1 heterocycles. The van der Waals surface area contributed by atoms with Crippen LogP contribution < -0.4 is 11.1 Å².